The number of fused-ring (bicyclic) bond motifs is 1. The van der Waals surface area contributed by atoms with Gasteiger partial charge in [-0.25, -0.2) is 0 Å². The summed E-state index contributed by atoms with van der Waals surface area (Å²) in [6, 6.07) is 6.39. The van der Waals surface area contributed by atoms with Crippen molar-refractivity contribution >= 4 is 16.5 Å². The van der Waals surface area contributed by atoms with Crippen LogP contribution in [0.2, 0.25) is 0 Å². The molecule has 0 saturated carbocycles. The Kier molecular flexibility index (Phi) is 2.55. The number of nitrogens with zero attached hydrogens (tertiary/aromatic N) is 1. The standard InChI is InChI=1S/C15H17N/c1-9(2)15-11(4)13-8-10(3)6-7-14(13)16-12(15)5/h6-8H,1H2,2-5H3. The van der Waals surface area contributed by atoms with E-state index in [1.165, 1.54) is 22.1 Å². The minimum Gasteiger partial charge on any atom is -0.252 e. The van der Waals surface area contributed by atoms with Crippen LogP contribution in [0.25, 0.3) is 16.5 Å². The van der Waals surface area contributed by atoms with Gasteiger partial charge in [-0.1, -0.05) is 18.2 Å². The van der Waals surface area contributed by atoms with Crippen molar-refractivity contribution < 1.29 is 0 Å². The van der Waals surface area contributed by atoms with Crippen LogP contribution in [0.4, 0.5) is 0 Å². The Bertz CT molecular complexity index is 579. The van der Waals surface area contributed by atoms with Gasteiger partial charge in [-0.05, 0) is 51.0 Å². The summed E-state index contributed by atoms with van der Waals surface area (Å²) in [6.07, 6.45) is 0. The Morgan fingerprint density at radius 2 is 1.88 bits per heavy atom. The lowest BCUT2D eigenvalue weighted by atomic mass is 9.97. The van der Waals surface area contributed by atoms with Crippen LogP contribution < -0.4 is 0 Å². The molecule has 0 radical (unpaired) electrons. The maximum absolute atomic E-state index is 4.64. The fraction of sp³-hybridized carbons (Fsp3) is 0.267. The van der Waals surface area contributed by atoms with E-state index in [-0.39, 0.29) is 0 Å². The summed E-state index contributed by atoms with van der Waals surface area (Å²) in [7, 11) is 0. The molecule has 0 N–H and O–H groups in total. The van der Waals surface area contributed by atoms with Crippen molar-refractivity contribution in [1.29, 1.82) is 0 Å². The second-order valence-electron chi connectivity index (χ2n) is 4.50. The van der Waals surface area contributed by atoms with Crippen LogP contribution in [0.1, 0.15) is 29.3 Å². The summed E-state index contributed by atoms with van der Waals surface area (Å²) < 4.78 is 0. The Morgan fingerprint density at radius 1 is 1.19 bits per heavy atom. The molecule has 0 atom stereocenters. The van der Waals surface area contributed by atoms with Crippen molar-refractivity contribution in [2.45, 2.75) is 27.7 Å². The third kappa shape index (κ3) is 1.63. The molecule has 1 heteroatoms. The quantitative estimate of drug-likeness (QED) is 0.689. The van der Waals surface area contributed by atoms with Gasteiger partial charge in [-0.15, -0.1) is 0 Å². The average Bonchev–Trinajstić information content (AvgIpc) is 2.19. The van der Waals surface area contributed by atoms with Crippen LogP contribution in [0.5, 0.6) is 0 Å². The van der Waals surface area contributed by atoms with Crippen LogP contribution in [0, 0.1) is 20.8 Å². The molecule has 0 fully saturated rings. The first-order valence-electron chi connectivity index (χ1n) is 5.54. The zero-order chi connectivity index (χ0) is 11.9. The second-order valence-corrected chi connectivity index (χ2v) is 4.50. The van der Waals surface area contributed by atoms with Crippen molar-refractivity contribution in [1.82, 2.24) is 4.98 Å². The largest absolute Gasteiger partial charge is 0.252 e. The Morgan fingerprint density at radius 3 is 2.50 bits per heavy atom. The van der Waals surface area contributed by atoms with Gasteiger partial charge in [-0.2, -0.15) is 0 Å². The lowest BCUT2D eigenvalue weighted by Crippen LogP contribution is -1.96. The molecule has 0 unspecified atom stereocenters. The van der Waals surface area contributed by atoms with Crippen LogP contribution in [0.15, 0.2) is 24.8 Å². The number of aryl methyl sites for hydroxylation is 3. The van der Waals surface area contributed by atoms with Crippen LogP contribution in [-0.4, -0.2) is 4.98 Å². The molecule has 2 aromatic rings. The Labute approximate surface area is 96.8 Å². The first kappa shape index (κ1) is 10.9. The van der Waals surface area contributed by atoms with Gasteiger partial charge in [0.1, 0.15) is 0 Å². The number of pyridine rings is 1. The van der Waals surface area contributed by atoms with E-state index in [1.54, 1.807) is 0 Å². The predicted molar refractivity (Wildman–Crippen MR) is 70.7 cm³/mol. The number of benzene rings is 1. The van der Waals surface area contributed by atoms with E-state index in [0.717, 1.165) is 16.8 Å². The molecular formula is C15H17N. The van der Waals surface area contributed by atoms with Crippen molar-refractivity contribution in [3.63, 3.8) is 0 Å². The van der Waals surface area contributed by atoms with Crippen molar-refractivity contribution in [2.75, 3.05) is 0 Å². The molecule has 1 heterocycles. The Hall–Kier alpha value is -1.63. The van der Waals surface area contributed by atoms with Gasteiger partial charge in [0.2, 0.25) is 0 Å². The van der Waals surface area contributed by atoms with Gasteiger partial charge in [-0.3, -0.25) is 4.98 Å². The first-order chi connectivity index (χ1) is 7.50. The molecule has 0 saturated heterocycles. The molecule has 0 amide bonds. The number of allylic oxidation sites excluding steroid dienone is 1. The molecule has 82 valence electrons. The molecule has 0 aliphatic heterocycles. The first-order valence-corrected chi connectivity index (χ1v) is 5.54. The smallest absolute Gasteiger partial charge is 0.0708 e. The molecule has 1 aromatic carbocycles. The number of rotatable bonds is 1. The molecular weight excluding hydrogens is 194 g/mol. The van der Waals surface area contributed by atoms with Crippen molar-refractivity contribution in [3.05, 3.63) is 47.2 Å². The van der Waals surface area contributed by atoms with E-state index in [9.17, 15) is 0 Å². The van der Waals surface area contributed by atoms with Crippen LogP contribution in [0.3, 0.4) is 0 Å². The molecule has 0 aliphatic carbocycles. The fourth-order valence-corrected chi connectivity index (χ4v) is 2.32. The lowest BCUT2D eigenvalue weighted by molar-refractivity contribution is 1.20. The third-order valence-corrected chi connectivity index (χ3v) is 3.01. The number of hydrogen-bond acceptors (Lipinski definition) is 1. The van der Waals surface area contributed by atoms with E-state index in [2.05, 4.69) is 50.5 Å². The minimum atomic E-state index is 1.07. The molecule has 0 spiro atoms. The number of aromatic nitrogens is 1. The van der Waals surface area contributed by atoms with Crippen molar-refractivity contribution in [2.24, 2.45) is 0 Å². The fourth-order valence-electron chi connectivity index (χ4n) is 2.32. The lowest BCUT2D eigenvalue weighted by Gasteiger charge is -2.12. The van der Waals surface area contributed by atoms with E-state index in [1.807, 2.05) is 6.92 Å². The zero-order valence-corrected chi connectivity index (χ0v) is 10.4. The van der Waals surface area contributed by atoms with Crippen molar-refractivity contribution in [3.8, 4) is 0 Å². The van der Waals surface area contributed by atoms with E-state index < -0.39 is 0 Å². The molecule has 0 aliphatic rings. The summed E-state index contributed by atoms with van der Waals surface area (Å²) >= 11 is 0. The topological polar surface area (TPSA) is 12.9 Å². The molecule has 0 bridgehead atoms. The normalized spacial score (nSPS) is 10.8. The van der Waals surface area contributed by atoms with Crippen LogP contribution in [-0.2, 0) is 0 Å². The SMILES string of the molecule is C=C(C)c1c(C)nc2ccc(C)cc2c1C. The summed E-state index contributed by atoms with van der Waals surface area (Å²) in [5.74, 6) is 0. The highest BCUT2D eigenvalue weighted by Gasteiger charge is 2.09. The van der Waals surface area contributed by atoms with Gasteiger partial charge in [0.15, 0.2) is 0 Å². The maximum atomic E-state index is 4.64. The summed E-state index contributed by atoms with van der Waals surface area (Å²) in [5, 5.41) is 1.24. The molecule has 2 rings (SSSR count). The van der Waals surface area contributed by atoms with E-state index in [4.69, 9.17) is 0 Å². The van der Waals surface area contributed by atoms with Gasteiger partial charge < -0.3 is 0 Å². The predicted octanol–water partition coefficient (Wildman–Crippen LogP) is 4.19. The van der Waals surface area contributed by atoms with Gasteiger partial charge in [0.05, 0.1) is 5.52 Å². The summed E-state index contributed by atoms with van der Waals surface area (Å²) in [4.78, 5) is 4.64. The zero-order valence-electron chi connectivity index (χ0n) is 10.4. The van der Waals surface area contributed by atoms with Crippen LogP contribution >= 0.6 is 0 Å². The monoisotopic (exact) mass is 211 g/mol. The highest BCUT2D eigenvalue weighted by atomic mass is 14.7. The average molecular weight is 211 g/mol. The summed E-state index contributed by atoms with van der Waals surface area (Å²) in [6.45, 7) is 12.4. The van der Waals surface area contributed by atoms with Gasteiger partial charge in [0.25, 0.3) is 0 Å². The minimum absolute atomic E-state index is 1.07. The highest BCUT2D eigenvalue weighted by molar-refractivity contribution is 5.87. The maximum Gasteiger partial charge on any atom is 0.0708 e. The third-order valence-electron chi connectivity index (χ3n) is 3.01. The second kappa shape index (κ2) is 3.75. The summed E-state index contributed by atoms with van der Waals surface area (Å²) in [5.41, 5.74) is 7.00. The molecule has 16 heavy (non-hydrogen) atoms. The Balaban J connectivity index is 2.90. The molecule has 1 aromatic heterocycles. The number of hydrogen-bond donors (Lipinski definition) is 0. The highest BCUT2D eigenvalue weighted by Crippen LogP contribution is 2.27. The van der Waals surface area contributed by atoms with E-state index in [0.29, 0.717) is 0 Å². The van der Waals surface area contributed by atoms with E-state index >= 15 is 0 Å². The van der Waals surface area contributed by atoms with Gasteiger partial charge >= 0.3 is 0 Å². The van der Waals surface area contributed by atoms with Gasteiger partial charge in [0, 0.05) is 16.6 Å². The molecule has 1 nitrogen and oxygen atoms in total.